The highest BCUT2D eigenvalue weighted by molar-refractivity contribution is 7.80. The molecule has 1 heterocycles. The number of nitrogens with zero attached hydrogens (tertiary/aromatic N) is 2. The lowest BCUT2D eigenvalue weighted by Gasteiger charge is -2.25. The van der Waals surface area contributed by atoms with E-state index in [1.54, 1.807) is 12.1 Å². The quantitative estimate of drug-likeness (QED) is 0.524. The zero-order valence-electron chi connectivity index (χ0n) is 19.2. The average molecular weight is 531 g/mol. The third-order valence-corrected chi connectivity index (χ3v) is 6.12. The maximum absolute atomic E-state index is 13.2. The molecule has 1 fully saturated rings. The molecule has 0 aromatic heterocycles. The zero-order valence-corrected chi connectivity index (χ0v) is 20.8. The third kappa shape index (κ3) is 7.12. The van der Waals surface area contributed by atoms with Crippen LogP contribution in [0.3, 0.4) is 0 Å². The summed E-state index contributed by atoms with van der Waals surface area (Å²) < 4.78 is 50.2. The number of methoxy groups -OCH3 is 2. The number of rotatable bonds is 6. The highest BCUT2D eigenvalue weighted by Gasteiger charge is 2.33. The monoisotopic (exact) mass is 530 g/mol. The van der Waals surface area contributed by atoms with Crippen LogP contribution in [0, 0.1) is 0 Å². The molecule has 2 aromatic rings. The standard InChI is InChI=1S/C23H26ClF3N4O3S/c1-33-19-13-18(20(34-2)12-16(19)24)29-22(35)31-9-5-8-30(10-11-31)14-21(32)28-17-7-4-3-6-15(17)23(25,26)27/h3-4,6-7,12-13H,5,8-11,14H2,1-2H3,(H,28,32)(H,29,35). The van der Waals surface area contributed by atoms with Gasteiger partial charge in [-0.3, -0.25) is 9.69 Å². The van der Waals surface area contributed by atoms with Gasteiger partial charge in [-0.05, 0) is 30.8 Å². The minimum atomic E-state index is -4.55. The molecule has 0 bridgehead atoms. The number of carbonyl (C=O) groups excluding carboxylic acids is 1. The van der Waals surface area contributed by atoms with Crippen LogP contribution in [0.4, 0.5) is 24.5 Å². The number of nitrogens with one attached hydrogen (secondary N) is 2. The maximum Gasteiger partial charge on any atom is 0.418 e. The molecule has 0 saturated carbocycles. The van der Waals surface area contributed by atoms with E-state index in [2.05, 4.69) is 10.6 Å². The lowest BCUT2D eigenvalue weighted by Crippen LogP contribution is -2.39. The molecule has 1 saturated heterocycles. The number of carbonyl (C=O) groups is 1. The summed E-state index contributed by atoms with van der Waals surface area (Å²) in [4.78, 5) is 16.3. The summed E-state index contributed by atoms with van der Waals surface area (Å²) >= 11 is 11.7. The first-order valence-corrected chi connectivity index (χ1v) is 11.6. The number of amides is 1. The number of alkyl halides is 3. The summed E-state index contributed by atoms with van der Waals surface area (Å²) in [5, 5.41) is 6.42. The average Bonchev–Trinajstić information content (AvgIpc) is 3.05. The summed E-state index contributed by atoms with van der Waals surface area (Å²) in [5.74, 6) is 0.470. The van der Waals surface area contributed by atoms with Gasteiger partial charge < -0.3 is 25.0 Å². The molecular formula is C23H26ClF3N4O3S. The number of para-hydroxylation sites is 1. The van der Waals surface area contributed by atoms with Crippen molar-refractivity contribution in [3.8, 4) is 11.5 Å². The summed E-state index contributed by atoms with van der Waals surface area (Å²) in [7, 11) is 3.03. The van der Waals surface area contributed by atoms with Crippen molar-refractivity contribution in [2.45, 2.75) is 12.6 Å². The van der Waals surface area contributed by atoms with E-state index in [1.807, 2.05) is 9.80 Å². The van der Waals surface area contributed by atoms with Crippen molar-refractivity contribution >= 4 is 46.2 Å². The van der Waals surface area contributed by atoms with Crippen LogP contribution in [0.1, 0.15) is 12.0 Å². The van der Waals surface area contributed by atoms with Gasteiger partial charge in [-0.2, -0.15) is 13.2 Å². The highest BCUT2D eigenvalue weighted by Crippen LogP contribution is 2.36. The van der Waals surface area contributed by atoms with E-state index in [0.29, 0.717) is 53.5 Å². The van der Waals surface area contributed by atoms with Crippen molar-refractivity contribution < 1.29 is 27.4 Å². The van der Waals surface area contributed by atoms with E-state index in [0.717, 1.165) is 12.5 Å². The van der Waals surface area contributed by atoms with Crippen LogP contribution >= 0.6 is 23.8 Å². The van der Waals surface area contributed by atoms with Gasteiger partial charge in [0.15, 0.2) is 5.11 Å². The van der Waals surface area contributed by atoms with Crippen molar-refractivity contribution in [2.75, 3.05) is 57.6 Å². The molecule has 0 radical (unpaired) electrons. The first-order chi connectivity index (χ1) is 16.6. The third-order valence-electron chi connectivity index (χ3n) is 5.47. The number of benzene rings is 2. The van der Waals surface area contributed by atoms with Gasteiger partial charge in [0.25, 0.3) is 0 Å². The van der Waals surface area contributed by atoms with E-state index in [1.165, 1.54) is 32.4 Å². The van der Waals surface area contributed by atoms with E-state index in [4.69, 9.17) is 33.3 Å². The molecule has 2 aromatic carbocycles. The second-order valence-corrected chi connectivity index (χ2v) is 8.62. The maximum atomic E-state index is 13.2. The molecule has 2 N–H and O–H groups in total. The molecule has 1 aliphatic rings. The summed E-state index contributed by atoms with van der Waals surface area (Å²) in [6.45, 7) is 2.27. The van der Waals surface area contributed by atoms with Crippen LogP contribution in [0.25, 0.3) is 0 Å². The molecule has 1 aliphatic heterocycles. The number of halogens is 4. The van der Waals surface area contributed by atoms with Gasteiger partial charge in [0.2, 0.25) is 5.91 Å². The van der Waals surface area contributed by atoms with Crippen LogP contribution in [-0.2, 0) is 11.0 Å². The van der Waals surface area contributed by atoms with Crippen LogP contribution in [0.2, 0.25) is 5.02 Å². The first kappa shape index (κ1) is 26.8. The Bertz CT molecular complexity index is 1070. The van der Waals surface area contributed by atoms with Gasteiger partial charge >= 0.3 is 6.18 Å². The van der Waals surface area contributed by atoms with Gasteiger partial charge in [-0.25, -0.2) is 0 Å². The Labute approximate surface area is 212 Å². The molecule has 0 aliphatic carbocycles. The lowest BCUT2D eigenvalue weighted by molar-refractivity contribution is -0.137. The summed E-state index contributed by atoms with van der Waals surface area (Å²) in [6.07, 6.45) is -3.83. The Balaban J connectivity index is 1.58. The highest BCUT2D eigenvalue weighted by atomic mass is 35.5. The minimum Gasteiger partial charge on any atom is -0.495 e. The Morgan fingerprint density at radius 1 is 1.03 bits per heavy atom. The number of ether oxygens (including phenoxy) is 2. The fourth-order valence-electron chi connectivity index (χ4n) is 3.72. The van der Waals surface area contributed by atoms with E-state index in [9.17, 15) is 18.0 Å². The van der Waals surface area contributed by atoms with Crippen LogP contribution in [0.5, 0.6) is 11.5 Å². The summed E-state index contributed by atoms with van der Waals surface area (Å²) in [5.41, 5.74) is -0.525. The Hall–Kier alpha value is -2.76. The van der Waals surface area contributed by atoms with Crippen LogP contribution < -0.4 is 20.1 Å². The van der Waals surface area contributed by atoms with Gasteiger partial charge in [0.05, 0.1) is 42.7 Å². The smallest absolute Gasteiger partial charge is 0.418 e. The molecular weight excluding hydrogens is 505 g/mol. The van der Waals surface area contributed by atoms with Gasteiger partial charge in [0, 0.05) is 38.3 Å². The number of thiocarbonyl (C=S) groups is 1. The predicted molar refractivity (Wildman–Crippen MR) is 133 cm³/mol. The summed E-state index contributed by atoms with van der Waals surface area (Å²) in [6, 6.07) is 8.25. The van der Waals surface area contributed by atoms with E-state index >= 15 is 0 Å². The Kier molecular flexibility index (Phi) is 9.03. The van der Waals surface area contributed by atoms with Crippen molar-refractivity contribution in [1.29, 1.82) is 0 Å². The van der Waals surface area contributed by atoms with Gasteiger partial charge in [0.1, 0.15) is 11.5 Å². The predicted octanol–water partition coefficient (Wildman–Crippen LogP) is 4.72. The molecule has 0 atom stereocenters. The molecule has 190 valence electrons. The largest absolute Gasteiger partial charge is 0.495 e. The molecule has 3 rings (SSSR count). The number of anilines is 2. The van der Waals surface area contributed by atoms with Crippen molar-refractivity contribution in [1.82, 2.24) is 9.80 Å². The molecule has 0 unspecified atom stereocenters. The second kappa shape index (κ2) is 11.8. The van der Waals surface area contributed by atoms with Crippen LogP contribution in [-0.4, -0.2) is 67.8 Å². The second-order valence-electron chi connectivity index (χ2n) is 7.83. The number of hydrogen-bond acceptors (Lipinski definition) is 5. The van der Waals surface area contributed by atoms with Gasteiger partial charge in [-0.1, -0.05) is 23.7 Å². The molecule has 12 heteroatoms. The Morgan fingerprint density at radius 3 is 2.43 bits per heavy atom. The van der Waals surface area contributed by atoms with Gasteiger partial charge in [-0.15, -0.1) is 0 Å². The molecule has 35 heavy (non-hydrogen) atoms. The van der Waals surface area contributed by atoms with E-state index in [-0.39, 0.29) is 12.2 Å². The van der Waals surface area contributed by atoms with Crippen molar-refractivity contribution in [3.63, 3.8) is 0 Å². The fraction of sp³-hybridized carbons (Fsp3) is 0.391. The van der Waals surface area contributed by atoms with E-state index < -0.39 is 17.6 Å². The van der Waals surface area contributed by atoms with Crippen molar-refractivity contribution in [3.05, 3.63) is 47.0 Å². The minimum absolute atomic E-state index is 0.0254. The molecule has 7 nitrogen and oxygen atoms in total. The number of hydrogen-bond donors (Lipinski definition) is 2. The first-order valence-electron chi connectivity index (χ1n) is 10.8. The lowest BCUT2D eigenvalue weighted by atomic mass is 10.1. The molecule has 1 amide bonds. The Morgan fingerprint density at radius 2 is 1.74 bits per heavy atom. The molecule has 0 spiro atoms. The van der Waals surface area contributed by atoms with Crippen molar-refractivity contribution in [2.24, 2.45) is 0 Å². The van der Waals surface area contributed by atoms with Crippen LogP contribution in [0.15, 0.2) is 36.4 Å². The topological polar surface area (TPSA) is 66.1 Å². The normalized spacial score (nSPS) is 14.7. The SMILES string of the molecule is COc1cc(NC(=S)N2CCCN(CC(=O)Nc3ccccc3C(F)(F)F)CC2)c(OC)cc1Cl. The fourth-order valence-corrected chi connectivity index (χ4v) is 4.24. The zero-order chi connectivity index (χ0) is 25.6.